The van der Waals surface area contributed by atoms with Gasteiger partial charge in [-0.3, -0.25) is 0 Å². The van der Waals surface area contributed by atoms with Gasteiger partial charge in [0.25, 0.3) is 0 Å². The second-order valence-corrected chi connectivity index (χ2v) is 5.53. The van der Waals surface area contributed by atoms with Crippen LogP contribution in [0.15, 0.2) is 0 Å². The average Bonchev–Trinajstić information content (AvgIpc) is 2.14. The number of hydrogen-bond acceptors (Lipinski definition) is 2. The number of rotatable bonds is 6. The Morgan fingerprint density at radius 1 is 1.27 bits per heavy atom. The van der Waals surface area contributed by atoms with Crippen molar-refractivity contribution in [2.45, 2.75) is 58.0 Å². The van der Waals surface area contributed by atoms with Gasteiger partial charge in [0.2, 0.25) is 0 Å². The summed E-state index contributed by atoms with van der Waals surface area (Å²) in [5, 5.41) is 3.72. The third-order valence-electron chi connectivity index (χ3n) is 4.48. The summed E-state index contributed by atoms with van der Waals surface area (Å²) in [4.78, 5) is 2.41. The Balaban J connectivity index is 2.35. The third kappa shape index (κ3) is 2.94. The van der Waals surface area contributed by atoms with E-state index in [2.05, 4.69) is 45.1 Å². The van der Waals surface area contributed by atoms with Crippen LogP contribution in [0.1, 0.15) is 46.5 Å². The van der Waals surface area contributed by atoms with Crippen molar-refractivity contribution in [3.8, 4) is 0 Å². The molecule has 0 saturated heterocycles. The summed E-state index contributed by atoms with van der Waals surface area (Å²) in [7, 11) is 4.43. The van der Waals surface area contributed by atoms with Crippen LogP contribution in [0.25, 0.3) is 0 Å². The first kappa shape index (κ1) is 13.0. The molecule has 0 aromatic rings. The fraction of sp³-hybridized carbons (Fsp3) is 1.00. The molecular weight excluding hydrogens is 184 g/mol. The van der Waals surface area contributed by atoms with Crippen LogP contribution in [0.5, 0.6) is 0 Å². The van der Waals surface area contributed by atoms with E-state index in [0.29, 0.717) is 11.6 Å². The van der Waals surface area contributed by atoms with Crippen LogP contribution in [0, 0.1) is 5.92 Å². The zero-order valence-corrected chi connectivity index (χ0v) is 11.1. The highest BCUT2D eigenvalue weighted by molar-refractivity contribution is 4.98. The maximum Gasteiger partial charge on any atom is 0.0328 e. The van der Waals surface area contributed by atoms with Crippen LogP contribution >= 0.6 is 0 Å². The monoisotopic (exact) mass is 212 g/mol. The summed E-state index contributed by atoms with van der Waals surface area (Å²) in [5.41, 5.74) is 0.460. The van der Waals surface area contributed by atoms with E-state index in [1.54, 1.807) is 0 Å². The molecule has 2 heteroatoms. The highest BCUT2D eigenvalue weighted by Gasteiger charge is 2.38. The Morgan fingerprint density at radius 2 is 1.87 bits per heavy atom. The molecule has 0 aromatic carbocycles. The number of likely N-dealkylation sites (N-methyl/N-ethyl adjacent to an activating group) is 1. The topological polar surface area (TPSA) is 15.3 Å². The van der Waals surface area contributed by atoms with Gasteiger partial charge < -0.3 is 10.2 Å². The lowest BCUT2D eigenvalue weighted by atomic mass is 9.75. The molecule has 1 aliphatic rings. The molecule has 0 radical (unpaired) electrons. The molecule has 1 fully saturated rings. The van der Waals surface area contributed by atoms with Gasteiger partial charge in [0.1, 0.15) is 0 Å². The van der Waals surface area contributed by atoms with Crippen molar-refractivity contribution in [2.24, 2.45) is 5.92 Å². The van der Waals surface area contributed by atoms with Crippen LogP contribution in [-0.4, -0.2) is 37.1 Å². The predicted octanol–water partition coefficient (Wildman–Crippen LogP) is 2.49. The standard InChI is InChI=1S/C13H28N2/c1-6-11(2)12(3)14-10-13(15(4)5)8-7-9-13/h11-12,14H,6-10H2,1-5H3. The van der Waals surface area contributed by atoms with E-state index in [-0.39, 0.29) is 0 Å². The molecule has 15 heavy (non-hydrogen) atoms. The summed E-state index contributed by atoms with van der Waals surface area (Å²) >= 11 is 0. The van der Waals surface area contributed by atoms with E-state index in [9.17, 15) is 0 Å². The lowest BCUT2D eigenvalue weighted by molar-refractivity contribution is 0.0556. The highest BCUT2D eigenvalue weighted by Crippen LogP contribution is 2.35. The fourth-order valence-electron chi connectivity index (χ4n) is 2.27. The second kappa shape index (κ2) is 5.31. The number of hydrogen-bond donors (Lipinski definition) is 1. The zero-order valence-electron chi connectivity index (χ0n) is 11.1. The van der Waals surface area contributed by atoms with Crippen molar-refractivity contribution >= 4 is 0 Å². The highest BCUT2D eigenvalue weighted by atomic mass is 15.2. The minimum Gasteiger partial charge on any atom is -0.312 e. The molecule has 0 heterocycles. The summed E-state index contributed by atoms with van der Waals surface area (Å²) in [5.74, 6) is 0.782. The minimum absolute atomic E-state index is 0.460. The summed E-state index contributed by atoms with van der Waals surface area (Å²) in [6.07, 6.45) is 5.39. The van der Waals surface area contributed by atoms with Crippen LogP contribution in [0.4, 0.5) is 0 Å². The molecule has 0 bridgehead atoms. The predicted molar refractivity (Wildman–Crippen MR) is 67.2 cm³/mol. The van der Waals surface area contributed by atoms with Crippen LogP contribution in [0.2, 0.25) is 0 Å². The first-order valence-corrected chi connectivity index (χ1v) is 6.42. The van der Waals surface area contributed by atoms with Gasteiger partial charge in [-0.1, -0.05) is 20.3 Å². The van der Waals surface area contributed by atoms with Gasteiger partial charge in [0.05, 0.1) is 0 Å². The lowest BCUT2D eigenvalue weighted by Crippen LogP contribution is -2.58. The molecule has 1 N–H and O–H groups in total. The maximum atomic E-state index is 3.72. The quantitative estimate of drug-likeness (QED) is 0.728. The number of nitrogens with one attached hydrogen (secondary N) is 1. The fourth-order valence-corrected chi connectivity index (χ4v) is 2.27. The molecule has 2 atom stereocenters. The van der Waals surface area contributed by atoms with Gasteiger partial charge in [-0.05, 0) is 46.2 Å². The third-order valence-corrected chi connectivity index (χ3v) is 4.48. The van der Waals surface area contributed by atoms with E-state index < -0.39 is 0 Å². The van der Waals surface area contributed by atoms with E-state index in [1.165, 1.54) is 25.7 Å². The van der Waals surface area contributed by atoms with E-state index in [1.807, 2.05) is 0 Å². The molecule has 0 aliphatic heterocycles. The van der Waals surface area contributed by atoms with Gasteiger partial charge in [0, 0.05) is 18.1 Å². The van der Waals surface area contributed by atoms with Crippen molar-refractivity contribution in [2.75, 3.05) is 20.6 Å². The molecule has 0 spiro atoms. The van der Waals surface area contributed by atoms with E-state index >= 15 is 0 Å². The lowest BCUT2D eigenvalue weighted by Gasteiger charge is -2.48. The van der Waals surface area contributed by atoms with Gasteiger partial charge in [-0.2, -0.15) is 0 Å². The zero-order chi connectivity index (χ0) is 11.5. The second-order valence-electron chi connectivity index (χ2n) is 5.53. The Morgan fingerprint density at radius 3 is 2.20 bits per heavy atom. The summed E-state index contributed by atoms with van der Waals surface area (Å²) in [6.45, 7) is 8.08. The van der Waals surface area contributed by atoms with Crippen LogP contribution in [-0.2, 0) is 0 Å². The van der Waals surface area contributed by atoms with Gasteiger partial charge in [-0.15, -0.1) is 0 Å². The SMILES string of the molecule is CCC(C)C(C)NCC1(N(C)C)CCC1. The van der Waals surface area contributed by atoms with Gasteiger partial charge in [0.15, 0.2) is 0 Å². The molecule has 0 amide bonds. The number of nitrogens with zero attached hydrogens (tertiary/aromatic N) is 1. The van der Waals surface area contributed by atoms with Crippen molar-refractivity contribution in [1.82, 2.24) is 10.2 Å². The Hall–Kier alpha value is -0.0800. The average molecular weight is 212 g/mol. The molecule has 1 saturated carbocycles. The Kier molecular flexibility index (Phi) is 4.60. The molecule has 90 valence electrons. The van der Waals surface area contributed by atoms with Crippen molar-refractivity contribution in [3.63, 3.8) is 0 Å². The first-order chi connectivity index (χ1) is 7.02. The largest absolute Gasteiger partial charge is 0.312 e. The van der Waals surface area contributed by atoms with E-state index in [4.69, 9.17) is 0 Å². The Labute approximate surface area is 95.4 Å². The van der Waals surface area contributed by atoms with Crippen molar-refractivity contribution in [3.05, 3.63) is 0 Å². The summed E-state index contributed by atoms with van der Waals surface area (Å²) in [6, 6.07) is 0.646. The van der Waals surface area contributed by atoms with Crippen LogP contribution in [0.3, 0.4) is 0 Å². The molecule has 2 unspecified atom stereocenters. The van der Waals surface area contributed by atoms with E-state index in [0.717, 1.165) is 12.5 Å². The van der Waals surface area contributed by atoms with Gasteiger partial charge in [-0.25, -0.2) is 0 Å². The molecule has 2 nitrogen and oxygen atoms in total. The molecule has 1 aliphatic carbocycles. The maximum absolute atomic E-state index is 3.72. The molecule has 0 aromatic heterocycles. The van der Waals surface area contributed by atoms with Crippen molar-refractivity contribution in [1.29, 1.82) is 0 Å². The molecular formula is C13H28N2. The smallest absolute Gasteiger partial charge is 0.0328 e. The first-order valence-electron chi connectivity index (χ1n) is 6.42. The molecule has 1 rings (SSSR count). The Bertz CT molecular complexity index is 185. The normalized spacial score (nSPS) is 23.6. The van der Waals surface area contributed by atoms with Gasteiger partial charge >= 0.3 is 0 Å². The minimum atomic E-state index is 0.460. The summed E-state index contributed by atoms with van der Waals surface area (Å²) < 4.78 is 0. The van der Waals surface area contributed by atoms with Crippen molar-refractivity contribution < 1.29 is 0 Å². The van der Waals surface area contributed by atoms with Crippen LogP contribution < -0.4 is 5.32 Å².